The fourth-order valence-electron chi connectivity index (χ4n) is 3.46. The minimum atomic E-state index is -0.839. The number of rotatable bonds is 4. The van der Waals surface area contributed by atoms with Crippen molar-refractivity contribution in [2.24, 2.45) is 0 Å². The normalized spacial score (nSPS) is 15.0. The van der Waals surface area contributed by atoms with E-state index in [0.717, 1.165) is 16.7 Å². The number of hydrogen-bond donors (Lipinski definition) is 2. The molecule has 4 rings (SSSR count). The van der Waals surface area contributed by atoms with Gasteiger partial charge in [0.1, 0.15) is 11.4 Å². The van der Waals surface area contributed by atoms with Gasteiger partial charge >= 0.3 is 0 Å². The maximum atomic E-state index is 12.7. The largest absolute Gasteiger partial charge is 0.501 e. The lowest BCUT2D eigenvalue weighted by atomic mass is 10.0. The summed E-state index contributed by atoms with van der Waals surface area (Å²) in [5, 5.41) is 13.0. The number of amides is 1. The zero-order valence-corrected chi connectivity index (χ0v) is 16.1. The maximum absolute atomic E-state index is 12.7. The van der Waals surface area contributed by atoms with Crippen molar-refractivity contribution >= 4 is 5.91 Å². The first-order valence-electron chi connectivity index (χ1n) is 9.25. The number of benzene rings is 1. The van der Waals surface area contributed by atoms with Crippen molar-refractivity contribution in [3.63, 3.8) is 0 Å². The summed E-state index contributed by atoms with van der Waals surface area (Å²) in [4.78, 5) is 29.6. The zero-order valence-electron chi connectivity index (χ0n) is 16.1. The lowest BCUT2D eigenvalue weighted by Crippen LogP contribution is -2.42. The van der Waals surface area contributed by atoms with Gasteiger partial charge < -0.3 is 19.6 Å². The summed E-state index contributed by atoms with van der Waals surface area (Å²) in [6.45, 7) is 4.34. The Morgan fingerprint density at radius 2 is 2.10 bits per heavy atom. The second-order valence-electron chi connectivity index (χ2n) is 7.30. The average molecular weight is 395 g/mol. The van der Waals surface area contributed by atoms with Crippen LogP contribution in [0.15, 0.2) is 52.1 Å². The highest BCUT2D eigenvalue weighted by Gasteiger charge is 2.34. The Kier molecular flexibility index (Phi) is 4.71. The minimum Gasteiger partial charge on any atom is -0.501 e. The molecule has 0 fully saturated rings. The summed E-state index contributed by atoms with van der Waals surface area (Å²) in [7, 11) is 0. The van der Waals surface area contributed by atoms with Gasteiger partial charge in [-0.3, -0.25) is 14.2 Å². The molecular weight excluding hydrogens is 374 g/mol. The van der Waals surface area contributed by atoms with Gasteiger partial charge in [-0.15, -0.1) is 0 Å². The number of aromatic hydroxyl groups is 1. The molecule has 0 spiro atoms. The van der Waals surface area contributed by atoms with E-state index in [9.17, 15) is 14.7 Å². The Morgan fingerprint density at radius 1 is 1.31 bits per heavy atom. The zero-order chi connectivity index (χ0) is 20.6. The molecule has 2 aromatic heterocycles. The van der Waals surface area contributed by atoms with Crippen LogP contribution < -0.4 is 10.9 Å². The quantitative estimate of drug-likeness (QED) is 0.703. The van der Waals surface area contributed by atoms with Crippen molar-refractivity contribution in [1.29, 1.82) is 0 Å². The van der Waals surface area contributed by atoms with E-state index in [1.807, 2.05) is 30.3 Å². The topological polar surface area (TPSA) is 107 Å². The molecule has 150 valence electrons. The molecule has 0 unspecified atom stereocenters. The summed E-state index contributed by atoms with van der Waals surface area (Å²) >= 11 is 0. The van der Waals surface area contributed by atoms with Crippen molar-refractivity contribution in [2.75, 3.05) is 6.61 Å². The minimum absolute atomic E-state index is 0.194. The van der Waals surface area contributed by atoms with Crippen molar-refractivity contribution in [3.8, 4) is 16.9 Å². The highest BCUT2D eigenvalue weighted by molar-refractivity contribution is 5.94. The van der Waals surface area contributed by atoms with Gasteiger partial charge in [0.15, 0.2) is 5.69 Å². The van der Waals surface area contributed by atoms with Gasteiger partial charge in [-0.2, -0.15) is 0 Å². The molecule has 0 saturated carbocycles. The molecule has 0 bridgehead atoms. The van der Waals surface area contributed by atoms with Crippen LogP contribution in [0.3, 0.4) is 0 Å². The fraction of sp³-hybridized carbons (Fsp3) is 0.286. The van der Waals surface area contributed by atoms with Crippen LogP contribution in [-0.2, 0) is 23.4 Å². The van der Waals surface area contributed by atoms with Gasteiger partial charge in [0.05, 0.1) is 25.7 Å². The molecule has 3 heterocycles. The molecule has 0 aliphatic carbocycles. The number of fused-ring (bicyclic) bond motifs is 1. The Balaban J connectivity index is 1.63. The van der Waals surface area contributed by atoms with Gasteiger partial charge in [-0.25, -0.2) is 4.98 Å². The van der Waals surface area contributed by atoms with Crippen LogP contribution in [0.4, 0.5) is 0 Å². The lowest BCUT2D eigenvalue weighted by molar-refractivity contribution is -0.0566. The third-order valence-corrected chi connectivity index (χ3v) is 4.97. The van der Waals surface area contributed by atoms with Crippen LogP contribution in [0.1, 0.15) is 35.7 Å². The number of aromatic nitrogens is 2. The highest BCUT2D eigenvalue weighted by Crippen LogP contribution is 2.28. The van der Waals surface area contributed by atoms with Crippen LogP contribution in [0.25, 0.3) is 11.1 Å². The van der Waals surface area contributed by atoms with Gasteiger partial charge in [-0.05, 0) is 31.0 Å². The Bertz CT molecular complexity index is 1120. The van der Waals surface area contributed by atoms with Gasteiger partial charge in [0.25, 0.3) is 11.5 Å². The molecule has 0 saturated heterocycles. The van der Waals surface area contributed by atoms with Crippen LogP contribution in [-0.4, -0.2) is 27.2 Å². The van der Waals surface area contributed by atoms with E-state index in [0.29, 0.717) is 12.4 Å². The number of ether oxygens (including phenoxy) is 1. The van der Waals surface area contributed by atoms with Crippen LogP contribution in [0.2, 0.25) is 0 Å². The van der Waals surface area contributed by atoms with Crippen LogP contribution >= 0.6 is 0 Å². The molecule has 0 atom stereocenters. The maximum Gasteiger partial charge on any atom is 0.296 e. The molecule has 2 N–H and O–H groups in total. The van der Waals surface area contributed by atoms with Crippen molar-refractivity contribution in [3.05, 3.63) is 70.3 Å². The molecule has 1 amide bonds. The van der Waals surface area contributed by atoms with Crippen LogP contribution in [0.5, 0.6) is 5.75 Å². The lowest BCUT2D eigenvalue weighted by Gasteiger charge is -2.32. The smallest absolute Gasteiger partial charge is 0.296 e. The second-order valence-corrected chi connectivity index (χ2v) is 7.30. The highest BCUT2D eigenvalue weighted by atomic mass is 16.5. The standard InChI is InChI=1S/C21H21N3O5/c1-21(2)20-23-16(17(25)19(27)24(20)8-10-29-21)18(26)22-11-13-5-3-4-6-15(13)14-7-9-28-12-14/h3-7,9,12,25H,8,10-11H2,1-2H3,(H,22,26). The number of carbonyl (C=O) groups excluding carboxylic acids is 1. The molecular formula is C21H21N3O5. The predicted octanol–water partition coefficient (Wildman–Crippen LogP) is 2.40. The van der Waals surface area contributed by atoms with E-state index >= 15 is 0 Å². The average Bonchev–Trinajstić information content (AvgIpc) is 3.24. The first kappa shape index (κ1) is 18.9. The van der Waals surface area contributed by atoms with Gasteiger partial charge in [0, 0.05) is 12.1 Å². The van der Waals surface area contributed by atoms with E-state index in [4.69, 9.17) is 9.15 Å². The summed E-state index contributed by atoms with van der Waals surface area (Å²) in [6.07, 6.45) is 3.21. The third-order valence-electron chi connectivity index (χ3n) is 4.97. The summed E-state index contributed by atoms with van der Waals surface area (Å²) < 4.78 is 12.2. The first-order valence-corrected chi connectivity index (χ1v) is 9.25. The number of nitrogens with one attached hydrogen (secondary N) is 1. The number of hydrogen-bond acceptors (Lipinski definition) is 6. The first-order chi connectivity index (χ1) is 13.9. The van der Waals surface area contributed by atoms with Gasteiger partial charge in [0.2, 0.25) is 5.75 Å². The second kappa shape index (κ2) is 7.21. The molecule has 8 nitrogen and oxygen atoms in total. The SMILES string of the molecule is CC1(C)OCCn2c1nc(C(=O)NCc1ccccc1-c1ccoc1)c(O)c2=O. The van der Waals surface area contributed by atoms with Crippen molar-refractivity contribution < 1.29 is 19.1 Å². The molecule has 8 heteroatoms. The summed E-state index contributed by atoms with van der Waals surface area (Å²) in [5.74, 6) is -0.978. The van der Waals surface area contributed by atoms with E-state index in [1.54, 1.807) is 26.4 Å². The van der Waals surface area contributed by atoms with Crippen LogP contribution in [0, 0.1) is 0 Å². The van der Waals surface area contributed by atoms with Crippen molar-refractivity contribution in [2.45, 2.75) is 32.5 Å². The summed E-state index contributed by atoms with van der Waals surface area (Å²) in [5.41, 5.74) is 0.880. The Labute approximate surface area is 166 Å². The van der Waals surface area contributed by atoms with E-state index in [-0.39, 0.29) is 18.8 Å². The fourth-order valence-corrected chi connectivity index (χ4v) is 3.46. The Hall–Kier alpha value is -3.39. The van der Waals surface area contributed by atoms with E-state index < -0.39 is 22.8 Å². The van der Waals surface area contributed by atoms with E-state index in [2.05, 4.69) is 10.3 Å². The van der Waals surface area contributed by atoms with Crippen molar-refractivity contribution in [1.82, 2.24) is 14.9 Å². The third kappa shape index (κ3) is 3.42. The Morgan fingerprint density at radius 3 is 2.86 bits per heavy atom. The molecule has 0 radical (unpaired) electrons. The molecule has 1 aromatic carbocycles. The van der Waals surface area contributed by atoms with Gasteiger partial charge in [-0.1, -0.05) is 24.3 Å². The number of carbonyl (C=O) groups is 1. The molecule has 3 aromatic rings. The monoisotopic (exact) mass is 395 g/mol. The van der Waals surface area contributed by atoms with E-state index in [1.165, 1.54) is 4.57 Å². The molecule has 29 heavy (non-hydrogen) atoms. The summed E-state index contributed by atoms with van der Waals surface area (Å²) in [6, 6.07) is 9.40. The number of furan rings is 1. The predicted molar refractivity (Wildman–Crippen MR) is 104 cm³/mol. The number of nitrogens with zero attached hydrogens (tertiary/aromatic N) is 2. The molecule has 1 aliphatic heterocycles. The molecule has 1 aliphatic rings.